The van der Waals surface area contributed by atoms with E-state index in [1.807, 2.05) is 18.7 Å². The maximum atomic E-state index is 5.93. The smallest absolute Gasteiger partial charge is 0.147 e. The second-order valence-corrected chi connectivity index (χ2v) is 4.16. The second-order valence-electron chi connectivity index (χ2n) is 4.16. The molecule has 0 radical (unpaired) electrons. The molecule has 0 fully saturated rings. The van der Waals surface area contributed by atoms with Crippen molar-refractivity contribution in [3.63, 3.8) is 0 Å². The van der Waals surface area contributed by atoms with Gasteiger partial charge in [0.15, 0.2) is 0 Å². The van der Waals surface area contributed by atoms with Gasteiger partial charge in [0.2, 0.25) is 0 Å². The maximum absolute atomic E-state index is 5.93. The molecule has 1 heterocycles. The Balaban J connectivity index is 2.63. The molecule has 0 aliphatic rings. The Hall–Kier alpha value is -1.19. The quantitative estimate of drug-likeness (QED) is 0.784. The number of unbranched alkanes of at least 4 members (excludes halogenated alkanes) is 1. The zero-order valence-corrected chi connectivity index (χ0v) is 10.2. The number of aromatic nitrogens is 2. The molecule has 0 spiro atoms. The van der Waals surface area contributed by atoms with Gasteiger partial charge in [0.1, 0.15) is 5.82 Å². The molecule has 1 aromatic heterocycles. The highest BCUT2D eigenvalue weighted by molar-refractivity contribution is 5.64. The van der Waals surface area contributed by atoms with Crippen LogP contribution in [0.5, 0.6) is 0 Å². The number of nitrogens with two attached hydrogens (primary N) is 1. The van der Waals surface area contributed by atoms with Crippen molar-refractivity contribution in [1.29, 1.82) is 0 Å². The van der Waals surface area contributed by atoms with Crippen molar-refractivity contribution in [2.24, 2.45) is 7.05 Å². The number of hydrogen-bond acceptors (Lipinski definition) is 3. The van der Waals surface area contributed by atoms with Gasteiger partial charge < -0.3 is 11.1 Å². The summed E-state index contributed by atoms with van der Waals surface area (Å²) in [7, 11) is 1.91. The molecular formula is C11H22N4. The van der Waals surface area contributed by atoms with E-state index >= 15 is 0 Å². The van der Waals surface area contributed by atoms with Crippen LogP contribution in [0.1, 0.15) is 38.8 Å². The van der Waals surface area contributed by atoms with Crippen LogP contribution >= 0.6 is 0 Å². The van der Waals surface area contributed by atoms with Crippen molar-refractivity contribution in [2.75, 3.05) is 11.1 Å². The fourth-order valence-corrected chi connectivity index (χ4v) is 1.66. The van der Waals surface area contributed by atoms with Crippen LogP contribution < -0.4 is 11.1 Å². The first-order chi connectivity index (χ1) is 7.06. The highest BCUT2D eigenvalue weighted by Crippen LogP contribution is 2.22. The number of nitrogen functional groups attached to an aromatic ring is 1. The van der Waals surface area contributed by atoms with Crippen LogP contribution in [0.15, 0.2) is 0 Å². The van der Waals surface area contributed by atoms with Gasteiger partial charge in [-0.25, -0.2) is 0 Å². The van der Waals surface area contributed by atoms with Crippen molar-refractivity contribution >= 4 is 11.5 Å². The normalized spacial score (nSPS) is 12.8. The van der Waals surface area contributed by atoms with E-state index in [4.69, 9.17) is 5.73 Å². The van der Waals surface area contributed by atoms with Gasteiger partial charge in [-0.15, -0.1) is 0 Å². The van der Waals surface area contributed by atoms with Gasteiger partial charge >= 0.3 is 0 Å². The zero-order valence-electron chi connectivity index (χ0n) is 10.2. The molecule has 4 heteroatoms. The monoisotopic (exact) mass is 210 g/mol. The van der Waals surface area contributed by atoms with E-state index in [0.717, 1.165) is 17.2 Å². The Morgan fingerprint density at radius 2 is 2.20 bits per heavy atom. The van der Waals surface area contributed by atoms with E-state index in [-0.39, 0.29) is 0 Å². The van der Waals surface area contributed by atoms with E-state index in [0.29, 0.717) is 6.04 Å². The minimum Gasteiger partial charge on any atom is -0.394 e. The lowest BCUT2D eigenvalue weighted by atomic mass is 10.1. The van der Waals surface area contributed by atoms with Crippen LogP contribution in [0, 0.1) is 6.92 Å². The van der Waals surface area contributed by atoms with E-state index in [9.17, 15) is 0 Å². The predicted molar refractivity (Wildman–Crippen MR) is 65.0 cm³/mol. The first kappa shape index (κ1) is 11.9. The Kier molecular flexibility index (Phi) is 4.00. The topological polar surface area (TPSA) is 55.9 Å². The Labute approximate surface area is 91.8 Å². The van der Waals surface area contributed by atoms with Crippen molar-refractivity contribution < 1.29 is 0 Å². The van der Waals surface area contributed by atoms with Crippen molar-refractivity contribution in [3.05, 3.63) is 5.69 Å². The van der Waals surface area contributed by atoms with Crippen molar-refractivity contribution in [1.82, 2.24) is 9.78 Å². The first-order valence-electron chi connectivity index (χ1n) is 5.61. The minimum atomic E-state index is 0.446. The summed E-state index contributed by atoms with van der Waals surface area (Å²) in [4.78, 5) is 0. The third kappa shape index (κ3) is 2.88. The molecule has 0 saturated heterocycles. The lowest BCUT2D eigenvalue weighted by Crippen LogP contribution is -2.18. The van der Waals surface area contributed by atoms with Gasteiger partial charge in [0.05, 0.1) is 11.4 Å². The molecule has 1 unspecified atom stereocenters. The van der Waals surface area contributed by atoms with Gasteiger partial charge in [-0.2, -0.15) is 5.10 Å². The van der Waals surface area contributed by atoms with Gasteiger partial charge in [-0.3, -0.25) is 4.68 Å². The fourth-order valence-electron chi connectivity index (χ4n) is 1.66. The first-order valence-corrected chi connectivity index (χ1v) is 5.61. The summed E-state index contributed by atoms with van der Waals surface area (Å²) in [6.45, 7) is 6.31. The number of nitrogens with one attached hydrogen (secondary N) is 1. The largest absolute Gasteiger partial charge is 0.394 e. The number of hydrogen-bond donors (Lipinski definition) is 2. The summed E-state index contributed by atoms with van der Waals surface area (Å²) in [5.41, 5.74) is 7.59. The average Bonchev–Trinajstić information content (AvgIpc) is 2.42. The van der Waals surface area contributed by atoms with Crippen LogP contribution in [-0.4, -0.2) is 15.8 Å². The molecule has 86 valence electrons. The van der Waals surface area contributed by atoms with Gasteiger partial charge in [0, 0.05) is 13.1 Å². The van der Waals surface area contributed by atoms with E-state index in [1.165, 1.54) is 19.3 Å². The third-order valence-corrected chi connectivity index (χ3v) is 2.64. The molecule has 0 bridgehead atoms. The highest BCUT2D eigenvalue weighted by Gasteiger charge is 2.11. The summed E-state index contributed by atoms with van der Waals surface area (Å²) < 4.78 is 1.81. The molecule has 3 N–H and O–H groups in total. The Bertz CT molecular complexity index is 317. The van der Waals surface area contributed by atoms with E-state index in [1.54, 1.807) is 0 Å². The standard InChI is InChI=1S/C11H22N4/c1-5-6-7-8(2)13-11-10(12)9(3)14-15(11)4/h8,13H,5-7,12H2,1-4H3. The number of rotatable bonds is 5. The van der Waals surface area contributed by atoms with Crippen LogP contribution in [0.25, 0.3) is 0 Å². The molecule has 4 nitrogen and oxygen atoms in total. The lowest BCUT2D eigenvalue weighted by Gasteiger charge is -2.15. The average molecular weight is 210 g/mol. The molecule has 1 atom stereocenters. The summed E-state index contributed by atoms with van der Waals surface area (Å²) in [5, 5.41) is 7.68. The molecule has 0 aliphatic carbocycles. The van der Waals surface area contributed by atoms with Crippen LogP contribution in [0.3, 0.4) is 0 Å². The highest BCUT2D eigenvalue weighted by atomic mass is 15.3. The Morgan fingerprint density at radius 1 is 1.53 bits per heavy atom. The lowest BCUT2D eigenvalue weighted by molar-refractivity contribution is 0.635. The molecule has 0 aliphatic heterocycles. The minimum absolute atomic E-state index is 0.446. The molecular weight excluding hydrogens is 188 g/mol. The van der Waals surface area contributed by atoms with Crippen molar-refractivity contribution in [2.45, 2.75) is 46.1 Å². The number of nitrogens with zero attached hydrogens (tertiary/aromatic N) is 2. The number of anilines is 2. The molecule has 0 saturated carbocycles. The third-order valence-electron chi connectivity index (χ3n) is 2.64. The SMILES string of the molecule is CCCCC(C)Nc1c(N)c(C)nn1C. The van der Waals surface area contributed by atoms with Crippen molar-refractivity contribution in [3.8, 4) is 0 Å². The zero-order chi connectivity index (χ0) is 11.4. The van der Waals surface area contributed by atoms with E-state index < -0.39 is 0 Å². The molecule has 1 aromatic rings. The van der Waals surface area contributed by atoms with Crippen LogP contribution in [0.4, 0.5) is 11.5 Å². The number of aryl methyl sites for hydroxylation is 2. The second kappa shape index (κ2) is 5.05. The van der Waals surface area contributed by atoms with Crippen LogP contribution in [-0.2, 0) is 7.05 Å². The van der Waals surface area contributed by atoms with E-state index in [2.05, 4.69) is 24.3 Å². The molecule has 15 heavy (non-hydrogen) atoms. The molecule has 1 rings (SSSR count). The summed E-state index contributed by atoms with van der Waals surface area (Å²) in [6.07, 6.45) is 3.64. The maximum Gasteiger partial charge on any atom is 0.147 e. The van der Waals surface area contributed by atoms with Gasteiger partial charge in [-0.1, -0.05) is 19.8 Å². The van der Waals surface area contributed by atoms with Gasteiger partial charge in [-0.05, 0) is 20.3 Å². The predicted octanol–water partition coefficient (Wildman–Crippen LogP) is 2.30. The summed E-state index contributed by atoms with van der Waals surface area (Å²) in [5.74, 6) is 0.941. The molecule has 0 amide bonds. The summed E-state index contributed by atoms with van der Waals surface area (Å²) in [6, 6.07) is 0.446. The Morgan fingerprint density at radius 3 is 2.67 bits per heavy atom. The van der Waals surface area contributed by atoms with Crippen LogP contribution in [0.2, 0.25) is 0 Å². The molecule has 0 aromatic carbocycles. The fraction of sp³-hybridized carbons (Fsp3) is 0.727. The summed E-state index contributed by atoms with van der Waals surface area (Å²) >= 11 is 0. The van der Waals surface area contributed by atoms with Gasteiger partial charge in [0.25, 0.3) is 0 Å².